The third-order valence-corrected chi connectivity index (χ3v) is 5.90. The van der Waals surface area contributed by atoms with Crippen LogP contribution >= 0.6 is 0 Å². The van der Waals surface area contributed by atoms with Crippen LogP contribution in [0.1, 0.15) is 5.82 Å². The first-order valence-electron chi connectivity index (χ1n) is 11.1. The van der Waals surface area contributed by atoms with E-state index in [1.807, 2.05) is 30.3 Å². The maximum Gasteiger partial charge on any atom is 0.262 e. The number of amides is 1. The number of anilines is 2. The molecule has 3 aromatic carbocycles. The summed E-state index contributed by atoms with van der Waals surface area (Å²) in [7, 11) is 3.27. The lowest BCUT2D eigenvalue weighted by atomic mass is 10.2. The van der Waals surface area contributed by atoms with Gasteiger partial charge in [0, 0.05) is 24.5 Å². The van der Waals surface area contributed by atoms with Gasteiger partial charge < -0.3 is 29.0 Å². The molecule has 174 valence electrons. The molecule has 1 N–H and O–H groups in total. The normalized spacial score (nSPS) is 12.8. The standard InChI is InChI=1S/C26H26N4O4/c1-32-20-6-4-19(5-7-20)29-13-14-30-24-12-3-18(15-23(24)28-25(30)16-29)27-26(31)17-34-22-10-8-21(33-2)9-11-22/h3-12,15H,13-14,16-17H2,1-2H3,(H,27,31). The Hall–Kier alpha value is -4.20. The van der Waals surface area contributed by atoms with Crippen LogP contribution in [0.15, 0.2) is 66.7 Å². The van der Waals surface area contributed by atoms with Gasteiger partial charge >= 0.3 is 0 Å². The number of rotatable bonds is 7. The van der Waals surface area contributed by atoms with Gasteiger partial charge in [-0.25, -0.2) is 4.98 Å². The Morgan fingerprint density at radius 1 is 0.912 bits per heavy atom. The van der Waals surface area contributed by atoms with E-state index in [1.165, 1.54) is 0 Å². The van der Waals surface area contributed by atoms with Crippen LogP contribution in [0.25, 0.3) is 11.0 Å². The molecule has 4 aromatic rings. The van der Waals surface area contributed by atoms with Crippen molar-refractivity contribution >= 4 is 28.3 Å². The van der Waals surface area contributed by atoms with E-state index in [-0.39, 0.29) is 12.5 Å². The number of imidazole rings is 1. The van der Waals surface area contributed by atoms with E-state index in [0.29, 0.717) is 11.4 Å². The molecule has 0 fully saturated rings. The van der Waals surface area contributed by atoms with Crippen molar-refractivity contribution in [2.75, 3.05) is 37.6 Å². The van der Waals surface area contributed by atoms with Crippen LogP contribution in [0.4, 0.5) is 11.4 Å². The summed E-state index contributed by atoms with van der Waals surface area (Å²) in [5.41, 5.74) is 3.76. The lowest BCUT2D eigenvalue weighted by Crippen LogP contribution is -2.33. The van der Waals surface area contributed by atoms with Crippen molar-refractivity contribution in [1.29, 1.82) is 0 Å². The molecular formula is C26H26N4O4. The zero-order chi connectivity index (χ0) is 23.5. The Morgan fingerprint density at radius 2 is 1.59 bits per heavy atom. The quantitative estimate of drug-likeness (QED) is 0.450. The van der Waals surface area contributed by atoms with Gasteiger partial charge in [0.15, 0.2) is 6.61 Å². The highest BCUT2D eigenvalue weighted by molar-refractivity contribution is 5.94. The number of aromatic nitrogens is 2. The van der Waals surface area contributed by atoms with Crippen molar-refractivity contribution in [2.45, 2.75) is 13.1 Å². The Kier molecular flexibility index (Phi) is 5.95. The SMILES string of the molecule is COc1ccc(OCC(=O)Nc2ccc3c(c2)nc2n3CCN(c3ccc(OC)cc3)C2)cc1. The molecule has 0 atom stereocenters. The van der Waals surface area contributed by atoms with Crippen molar-refractivity contribution in [3.05, 3.63) is 72.6 Å². The fourth-order valence-corrected chi connectivity index (χ4v) is 4.13. The number of nitrogens with zero attached hydrogens (tertiary/aromatic N) is 3. The van der Waals surface area contributed by atoms with E-state index in [0.717, 1.165) is 53.7 Å². The van der Waals surface area contributed by atoms with E-state index in [4.69, 9.17) is 19.2 Å². The molecule has 0 radical (unpaired) electrons. The van der Waals surface area contributed by atoms with Crippen LogP contribution in [0.2, 0.25) is 0 Å². The molecule has 0 spiro atoms. The van der Waals surface area contributed by atoms with Gasteiger partial charge in [0.25, 0.3) is 5.91 Å². The average molecular weight is 459 g/mol. The third-order valence-electron chi connectivity index (χ3n) is 5.90. The maximum atomic E-state index is 12.4. The van der Waals surface area contributed by atoms with Gasteiger partial charge in [-0.05, 0) is 66.7 Å². The second-order valence-electron chi connectivity index (χ2n) is 8.02. The fourth-order valence-electron chi connectivity index (χ4n) is 4.13. The fraction of sp³-hybridized carbons (Fsp3) is 0.231. The Morgan fingerprint density at radius 3 is 2.29 bits per heavy atom. The molecular weight excluding hydrogens is 432 g/mol. The first-order valence-corrected chi connectivity index (χ1v) is 11.1. The molecule has 0 unspecified atom stereocenters. The number of hydrogen-bond donors (Lipinski definition) is 1. The Bertz CT molecular complexity index is 1300. The molecule has 8 heteroatoms. The van der Waals surface area contributed by atoms with E-state index < -0.39 is 0 Å². The summed E-state index contributed by atoms with van der Waals surface area (Å²) in [6, 6.07) is 21.0. The van der Waals surface area contributed by atoms with Gasteiger partial charge in [-0.1, -0.05) is 0 Å². The summed E-state index contributed by atoms with van der Waals surface area (Å²) in [6.45, 7) is 2.38. The molecule has 0 aliphatic carbocycles. The molecule has 0 saturated carbocycles. The molecule has 5 rings (SSSR count). The van der Waals surface area contributed by atoms with E-state index >= 15 is 0 Å². The van der Waals surface area contributed by atoms with Crippen LogP contribution in [0, 0.1) is 0 Å². The summed E-state index contributed by atoms with van der Waals surface area (Å²) in [5.74, 6) is 2.96. The van der Waals surface area contributed by atoms with Crippen molar-refractivity contribution in [3.63, 3.8) is 0 Å². The second-order valence-corrected chi connectivity index (χ2v) is 8.02. The van der Waals surface area contributed by atoms with Crippen molar-refractivity contribution in [3.8, 4) is 17.2 Å². The minimum absolute atomic E-state index is 0.0825. The molecule has 0 saturated heterocycles. The van der Waals surface area contributed by atoms with Gasteiger partial charge in [0.1, 0.15) is 23.1 Å². The highest BCUT2D eigenvalue weighted by Crippen LogP contribution is 2.27. The van der Waals surface area contributed by atoms with E-state index in [9.17, 15) is 4.79 Å². The summed E-state index contributed by atoms with van der Waals surface area (Å²) in [5, 5.41) is 2.89. The Labute approximate surface area is 197 Å². The third kappa shape index (κ3) is 4.47. The molecule has 8 nitrogen and oxygen atoms in total. The summed E-state index contributed by atoms with van der Waals surface area (Å²) in [6.07, 6.45) is 0. The lowest BCUT2D eigenvalue weighted by Gasteiger charge is -2.30. The van der Waals surface area contributed by atoms with Gasteiger partial charge in [0.05, 0.1) is 31.8 Å². The van der Waals surface area contributed by atoms with Crippen molar-refractivity contribution < 1.29 is 19.0 Å². The zero-order valence-electron chi connectivity index (χ0n) is 19.2. The average Bonchev–Trinajstić information content (AvgIpc) is 3.24. The number of nitrogens with one attached hydrogen (secondary N) is 1. The van der Waals surface area contributed by atoms with E-state index in [2.05, 4.69) is 26.9 Å². The van der Waals surface area contributed by atoms with Crippen LogP contribution in [-0.4, -0.2) is 42.8 Å². The van der Waals surface area contributed by atoms with Gasteiger partial charge in [0.2, 0.25) is 0 Å². The lowest BCUT2D eigenvalue weighted by molar-refractivity contribution is -0.118. The highest BCUT2D eigenvalue weighted by atomic mass is 16.5. The largest absolute Gasteiger partial charge is 0.497 e. The number of methoxy groups -OCH3 is 2. The predicted octanol–water partition coefficient (Wildman–Crippen LogP) is 4.09. The molecule has 1 aliphatic heterocycles. The number of benzene rings is 3. The van der Waals surface area contributed by atoms with E-state index in [1.54, 1.807) is 38.5 Å². The minimum atomic E-state index is -0.232. The number of fused-ring (bicyclic) bond motifs is 3. The van der Waals surface area contributed by atoms with Crippen LogP contribution < -0.4 is 24.4 Å². The summed E-state index contributed by atoms with van der Waals surface area (Å²) in [4.78, 5) is 19.5. The van der Waals surface area contributed by atoms with Crippen LogP contribution in [-0.2, 0) is 17.9 Å². The minimum Gasteiger partial charge on any atom is -0.497 e. The first kappa shape index (κ1) is 21.6. The highest BCUT2D eigenvalue weighted by Gasteiger charge is 2.20. The predicted molar refractivity (Wildman–Crippen MR) is 131 cm³/mol. The maximum absolute atomic E-state index is 12.4. The number of hydrogen-bond acceptors (Lipinski definition) is 6. The molecule has 34 heavy (non-hydrogen) atoms. The molecule has 1 amide bonds. The van der Waals surface area contributed by atoms with Crippen LogP contribution in [0.3, 0.4) is 0 Å². The summed E-state index contributed by atoms with van der Waals surface area (Å²) < 4.78 is 18.2. The van der Waals surface area contributed by atoms with Gasteiger partial charge in [-0.15, -0.1) is 0 Å². The molecule has 1 aromatic heterocycles. The smallest absolute Gasteiger partial charge is 0.262 e. The number of carbonyl (C=O) groups excluding carboxylic acids is 1. The number of carbonyl (C=O) groups is 1. The number of ether oxygens (including phenoxy) is 3. The summed E-state index contributed by atoms with van der Waals surface area (Å²) >= 11 is 0. The second kappa shape index (κ2) is 9.35. The molecule has 2 heterocycles. The zero-order valence-corrected chi connectivity index (χ0v) is 19.2. The topological polar surface area (TPSA) is 77.8 Å². The van der Waals surface area contributed by atoms with Crippen LogP contribution in [0.5, 0.6) is 17.2 Å². The van der Waals surface area contributed by atoms with Crippen molar-refractivity contribution in [2.24, 2.45) is 0 Å². The molecule has 1 aliphatic rings. The Balaban J connectivity index is 1.24. The van der Waals surface area contributed by atoms with Gasteiger partial charge in [-0.3, -0.25) is 4.79 Å². The van der Waals surface area contributed by atoms with Crippen molar-refractivity contribution in [1.82, 2.24) is 9.55 Å². The monoisotopic (exact) mass is 458 g/mol. The first-order chi connectivity index (χ1) is 16.6. The molecule has 0 bridgehead atoms. The van der Waals surface area contributed by atoms with Gasteiger partial charge in [-0.2, -0.15) is 0 Å².